The van der Waals surface area contributed by atoms with Gasteiger partial charge in [-0.25, -0.2) is 4.98 Å². The van der Waals surface area contributed by atoms with Gasteiger partial charge in [-0.3, -0.25) is 4.79 Å². The maximum Gasteiger partial charge on any atom is 0.282 e. The molecule has 34 heavy (non-hydrogen) atoms. The van der Waals surface area contributed by atoms with Gasteiger partial charge in [0.25, 0.3) is 5.56 Å². The Labute approximate surface area is 227 Å². The van der Waals surface area contributed by atoms with Crippen LogP contribution in [0.3, 0.4) is 0 Å². The number of halogens is 5. The number of hydrogen-bond acceptors (Lipinski definition) is 4. The molecule has 1 heterocycles. The summed E-state index contributed by atoms with van der Waals surface area (Å²) in [5, 5.41) is 6.21. The van der Waals surface area contributed by atoms with Gasteiger partial charge in [-0.1, -0.05) is 63.7 Å². The minimum absolute atomic E-state index is 0.244. The second-order valence-corrected chi connectivity index (χ2v) is 10.2. The van der Waals surface area contributed by atoms with Gasteiger partial charge in [0.15, 0.2) is 5.75 Å². The van der Waals surface area contributed by atoms with Crippen molar-refractivity contribution in [2.24, 2.45) is 5.10 Å². The molecule has 0 saturated carbocycles. The van der Waals surface area contributed by atoms with Gasteiger partial charge < -0.3 is 4.74 Å². The Balaban J connectivity index is 1.62. The number of ether oxygens (including phenoxy) is 1. The topological polar surface area (TPSA) is 56.5 Å². The van der Waals surface area contributed by atoms with E-state index in [9.17, 15) is 4.79 Å². The number of rotatable bonds is 6. The lowest BCUT2D eigenvalue weighted by atomic mass is 10.2. The maximum absolute atomic E-state index is 13.0. The standard InChI is InChI=1S/C24H16Br2Cl3N3O2/c1-2-22-31-21-6-4-15(25)10-16(21)24(33)32(22)30-11-14-7-17(26)23(20(29)9-14)34-12-13-3-5-18(27)19(28)8-13/h3-11H,2,12H2,1H3. The van der Waals surface area contributed by atoms with Crippen molar-refractivity contribution in [3.8, 4) is 5.75 Å². The molecule has 3 aromatic carbocycles. The lowest BCUT2D eigenvalue weighted by Gasteiger charge is -2.12. The summed E-state index contributed by atoms with van der Waals surface area (Å²) in [5.41, 5.74) is 1.92. The van der Waals surface area contributed by atoms with Crippen molar-refractivity contribution in [2.75, 3.05) is 0 Å². The van der Waals surface area contributed by atoms with Crippen LogP contribution < -0.4 is 10.3 Å². The van der Waals surface area contributed by atoms with Gasteiger partial charge in [-0.15, -0.1) is 0 Å². The third kappa shape index (κ3) is 5.50. The summed E-state index contributed by atoms with van der Waals surface area (Å²) in [6.07, 6.45) is 2.11. The first-order chi connectivity index (χ1) is 16.3. The number of nitrogens with zero attached hydrogens (tertiary/aromatic N) is 3. The molecule has 1 aromatic heterocycles. The van der Waals surface area contributed by atoms with Gasteiger partial charge in [-0.2, -0.15) is 9.78 Å². The van der Waals surface area contributed by atoms with Crippen molar-refractivity contribution in [2.45, 2.75) is 20.0 Å². The SMILES string of the molecule is CCc1nc2ccc(Br)cc2c(=O)n1N=Cc1cc(Cl)c(OCc2ccc(Cl)c(Cl)c2)c(Br)c1. The van der Waals surface area contributed by atoms with E-state index in [0.29, 0.717) is 54.0 Å². The predicted octanol–water partition coefficient (Wildman–Crippen LogP) is 7.91. The van der Waals surface area contributed by atoms with Gasteiger partial charge in [0.1, 0.15) is 12.4 Å². The highest BCUT2D eigenvalue weighted by atomic mass is 79.9. The van der Waals surface area contributed by atoms with E-state index in [1.54, 1.807) is 36.5 Å². The molecule has 0 atom stereocenters. The fourth-order valence-electron chi connectivity index (χ4n) is 3.24. The van der Waals surface area contributed by atoms with E-state index in [1.165, 1.54) is 4.68 Å². The van der Waals surface area contributed by atoms with Crippen molar-refractivity contribution < 1.29 is 4.74 Å². The van der Waals surface area contributed by atoms with Crippen molar-refractivity contribution in [3.63, 3.8) is 0 Å². The Bertz CT molecular complexity index is 1470. The molecule has 5 nitrogen and oxygen atoms in total. The van der Waals surface area contributed by atoms with E-state index in [4.69, 9.17) is 39.5 Å². The van der Waals surface area contributed by atoms with Crippen molar-refractivity contribution in [3.05, 3.63) is 99.8 Å². The van der Waals surface area contributed by atoms with Crippen LogP contribution in [0.4, 0.5) is 0 Å². The van der Waals surface area contributed by atoms with Crippen LogP contribution in [0.25, 0.3) is 10.9 Å². The molecular formula is C24H16Br2Cl3N3O2. The van der Waals surface area contributed by atoms with Crippen LogP contribution in [-0.4, -0.2) is 15.9 Å². The molecule has 0 saturated heterocycles. The molecule has 0 aliphatic carbocycles. The van der Waals surface area contributed by atoms with E-state index < -0.39 is 0 Å². The van der Waals surface area contributed by atoms with Crippen LogP contribution >= 0.6 is 66.7 Å². The molecule has 4 aromatic rings. The van der Waals surface area contributed by atoms with Crippen molar-refractivity contribution >= 4 is 83.8 Å². The van der Waals surface area contributed by atoms with Gasteiger partial charge in [0.05, 0.1) is 36.7 Å². The lowest BCUT2D eigenvalue weighted by Crippen LogP contribution is -2.22. The number of aryl methyl sites for hydroxylation is 1. The molecule has 0 radical (unpaired) electrons. The minimum Gasteiger partial charge on any atom is -0.486 e. The zero-order chi connectivity index (χ0) is 24.4. The fraction of sp³-hybridized carbons (Fsp3) is 0.125. The minimum atomic E-state index is -0.244. The lowest BCUT2D eigenvalue weighted by molar-refractivity contribution is 0.304. The smallest absolute Gasteiger partial charge is 0.282 e. The van der Waals surface area contributed by atoms with E-state index in [1.807, 2.05) is 25.1 Å². The van der Waals surface area contributed by atoms with E-state index in [2.05, 4.69) is 41.9 Å². The third-order valence-corrected chi connectivity index (χ3v) is 7.00. The third-order valence-electron chi connectivity index (χ3n) is 4.90. The summed E-state index contributed by atoms with van der Waals surface area (Å²) in [7, 11) is 0. The molecule has 0 bridgehead atoms. The Morgan fingerprint density at radius 3 is 2.53 bits per heavy atom. The second-order valence-electron chi connectivity index (χ2n) is 7.26. The maximum atomic E-state index is 13.0. The Morgan fingerprint density at radius 2 is 1.82 bits per heavy atom. The van der Waals surface area contributed by atoms with Crippen LogP contribution in [0.2, 0.25) is 15.1 Å². The van der Waals surface area contributed by atoms with E-state index in [-0.39, 0.29) is 12.2 Å². The van der Waals surface area contributed by atoms with Crippen LogP contribution in [0.15, 0.2) is 67.4 Å². The second kappa shape index (κ2) is 10.8. The fourth-order valence-corrected chi connectivity index (χ4v) is 4.91. The van der Waals surface area contributed by atoms with Crippen LogP contribution in [-0.2, 0) is 13.0 Å². The summed E-state index contributed by atoms with van der Waals surface area (Å²) in [4.78, 5) is 17.6. The van der Waals surface area contributed by atoms with Crippen LogP contribution in [0, 0.1) is 0 Å². The first-order valence-corrected chi connectivity index (χ1v) is 12.8. The molecule has 4 rings (SSSR count). The number of fused-ring (bicyclic) bond motifs is 1. The Kier molecular flexibility index (Phi) is 8.00. The molecule has 0 unspecified atom stereocenters. The number of aromatic nitrogens is 2. The number of benzene rings is 3. The highest BCUT2D eigenvalue weighted by molar-refractivity contribution is 9.10. The van der Waals surface area contributed by atoms with Gasteiger partial charge in [0, 0.05) is 10.9 Å². The summed E-state index contributed by atoms with van der Waals surface area (Å²) in [6, 6.07) is 14.2. The zero-order valence-corrected chi connectivity index (χ0v) is 23.1. The molecule has 174 valence electrons. The molecule has 10 heteroatoms. The Morgan fingerprint density at radius 1 is 1.03 bits per heavy atom. The zero-order valence-electron chi connectivity index (χ0n) is 17.7. The molecular weight excluding hydrogens is 628 g/mol. The molecule has 0 aliphatic heterocycles. The summed E-state index contributed by atoms with van der Waals surface area (Å²) in [6.45, 7) is 2.18. The van der Waals surface area contributed by atoms with Gasteiger partial charge >= 0.3 is 0 Å². The van der Waals surface area contributed by atoms with Gasteiger partial charge in [-0.05, 0) is 69.5 Å². The quantitative estimate of drug-likeness (QED) is 0.201. The largest absolute Gasteiger partial charge is 0.486 e. The monoisotopic (exact) mass is 641 g/mol. The highest BCUT2D eigenvalue weighted by Crippen LogP contribution is 2.35. The van der Waals surface area contributed by atoms with E-state index >= 15 is 0 Å². The molecule has 0 amide bonds. The van der Waals surface area contributed by atoms with Crippen LogP contribution in [0.5, 0.6) is 5.75 Å². The highest BCUT2D eigenvalue weighted by Gasteiger charge is 2.12. The molecule has 0 aliphatic rings. The molecule has 0 N–H and O–H groups in total. The summed E-state index contributed by atoms with van der Waals surface area (Å²) < 4.78 is 8.64. The van der Waals surface area contributed by atoms with Crippen molar-refractivity contribution in [1.82, 2.24) is 9.66 Å². The summed E-state index contributed by atoms with van der Waals surface area (Å²) >= 11 is 25.4. The average molecular weight is 645 g/mol. The molecule has 0 spiro atoms. The number of hydrogen-bond donors (Lipinski definition) is 0. The van der Waals surface area contributed by atoms with Crippen molar-refractivity contribution in [1.29, 1.82) is 0 Å². The van der Waals surface area contributed by atoms with Gasteiger partial charge in [0.2, 0.25) is 0 Å². The van der Waals surface area contributed by atoms with Crippen LogP contribution in [0.1, 0.15) is 23.9 Å². The summed E-state index contributed by atoms with van der Waals surface area (Å²) in [5.74, 6) is 1.04. The first-order valence-electron chi connectivity index (χ1n) is 10.1. The molecule has 0 fully saturated rings. The Hall–Kier alpha value is -1.90. The normalized spacial score (nSPS) is 11.5. The van der Waals surface area contributed by atoms with E-state index in [0.717, 1.165) is 10.0 Å². The first kappa shape index (κ1) is 25.2. The average Bonchev–Trinajstić information content (AvgIpc) is 2.80. The predicted molar refractivity (Wildman–Crippen MR) is 146 cm³/mol.